The maximum atomic E-state index is 13.5. The number of benzene rings is 1. The Hall–Kier alpha value is -4.84. The number of thioether (sulfide) groups is 3. The molecule has 0 spiro atoms. The van der Waals surface area contributed by atoms with Crippen LogP contribution in [0.2, 0.25) is 0 Å². The summed E-state index contributed by atoms with van der Waals surface area (Å²) in [4.78, 5) is 96.2. The fourth-order valence-electron chi connectivity index (χ4n) is 4.42. The van der Waals surface area contributed by atoms with Gasteiger partial charge in [0.15, 0.2) is 16.4 Å². The molecule has 3 atom stereocenters. The molecule has 18 nitrogen and oxygen atoms in total. The Balaban J connectivity index is 1.31. The second-order valence-corrected chi connectivity index (χ2v) is 15.1. The van der Waals surface area contributed by atoms with E-state index in [1.165, 1.54) is 36.6 Å². The highest BCUT2D eigenvalue weighted by atomic mass is 32.2. The van der Waals surface area contributed by atoms with E-state index >= 15 is 0 Å². The third kappa shape index (κ3) is 7.96. The fraction of sp³-hybridized carbons (Fsp3) is 0.222. The summed E-state index contributed by atoms with van der Waals surface area (Å²) >= 11 is 4.55. The van der Waals surface area contributed by atoms with Crippen molar-refractivity contribution < 1.29 is 53.7 Å². The van der Waals surface area contributed by atoms with E-state index < -0.39 is 69.4 Å². The Morgan fingerprint density at radius 2 is 1.88 bits per heavy atom. The first kappa shape index (κ1) is 36.4. The van der Waals surface area contributed by atoms with Crippen molar-refractivity contribution >= 4 is 105 Å². The lowest BCUT2D eigenvalue weighted by atomic mass is 10.0. The predicted molar refractivity (Wildman–Crippen MR) is 181 cm³/mol. The van der Waals surface area contributed by atoms with Crippen LogP contribution in [-0.4, -0.2) is 99.3 Å². The Labute approximate surface area is 300 Å². The number of β-lactam (4-membered cyclic amide) rings is 1. The van der Waals surface area contributed by atoms with Crippen molar-refractivity contribution in [1.29, 1.82) is 0 Å². The van der Waals surface area contributed by atoms with Crippen molar-refractivity contribution in [1.82, 2.24) is 19.6 Å². The van der Waals surface area contributed by atoms with E-state index in [9.17, 15) is 48.9 Å². The maximum Gasteiger partial charge on any atom is 0.358 e. The number of nitrogen functional groups attached to an aromatic ring is 1. The number of aromatic carboxylic acids is 1. The van der Waals surface area contributed by atoms with Crippen LogP contribution in [0.3, 0.4) is 0 Å². The van der Waals surface area contributed by atoms with Gasteiger partial charge < -0.3 is 35.9 Å². The van der Waals surface area contributed by atoms with E-state index in [1.807, 2.05) is 0 Å². The van der Waals surface area contributed by atoms with Gasteiger partial charge in [-0.3, -0.25) is 28.5 Å². The summed E-state index contributed by atoms with van der Waals surface area (Å²) in [6.07, 6.45) is 0. The van der Waals surface area contributed by atoms with Gasteiger partial charge in [-0.15, -0.1) is 34.9 Å². The number of aliphatic carboxylic acids is 2. The number of carbonyl (C=O) groups excluding carboxylic acids is 3. The van der Waals surface area contributed by atoms with Gasteiger partial charge in [0.2, 0.25) is 0 Å². The van der Waals surface area contributed by atoms with Crippen molar-refractivity contribution in [3.63, 3.8) is 0 Å². The van der Waals surface area contributed by atoms with Gasteiger partial charge in [-0.25, -0.2) is 19.4 Å². The number of amides is 2. The number of fused-ring (bicyclic) bond motifs is 1. The minimum atomic E-state index is -1.67. The summed E-state index contributed by atoms with van der Waals surface area (Å²) in [5, 5.41) is 35.9. The van der Waals surface area contributed by atoms with Gasteiger partial charge in [-0.1, -0.05) is 28.5 Å². The summed E-state index contributed by atoms with van der Waals surface area (Å²) in [6.45, 7) is 1.23. The molecular weight excluding hydrogens is 761 g/mol. The lowest BCUT2D eigenvalue weighted by Gasteiger charge is -2.49. The second-order valence-electron chi connectivity index (χ2n) is 9.88. The third-order valence-corrected chi connectivity index (χ3v) is 11.8. The number of nitrogens with one attached hydrogen (secondary N) is 2. The van der Waals surface area contributed by atoms with Crippen LogP contribution in [0.15, 0.2) is 60.0 Å². The van der Waals surface area contributed by atoms with E-state index in [0.717, 1.165) is 51.3 Å². The van der Waals surface area contributed by atoms with E-state index in [0.29, 0.717) is 22.2 Å². The van der Waals surface area contributed by atoms with Crippen molar-refractivity contribution in [2.24, 2.45) is 5.16 Å². The molecule has 2 aromatic heterocycles. The smallest absolute Gasteiger partial charge is 0.358 e. The highest BCUT2D eigenvalue weighted by Gasteiger charge is 2.54. The SMILES string of the molecule is CC(=O)Oc1ccc(SC(O/N=C(/C(=O)N[C@@H]2C(=O)N3C(C(=O)O)=C(CSc4s[nH]c(=O)c4C(=O)O)CS[C@H]23)c2csc(N)n2)C(=O)O)cc1. The average Bonchev–Trinajstić information content (AvgIpc) is 3.66. The highest BCUT2D eigenvalue weighted by Crippen LogP contribution is 2.42. The molecule has 50 heavy (non-hydrogen) atoms. The number of anilines is 1. The van der Waals surface area contributed by atoms with Crippen LogP contribution < -0.4 is 21.3 Å². The molecule has 2 amide bonds. The number of H-pyrrole nitrogens is 1. The first-order chi connectivity index (χ1) is 23.7. The number of oxime groups is 1. The van der Waals surface area contributed by atoms with Gasteiger partial charge in [-0.2, -0.15) is 0 Å². The molecule has 1 fully saturated rings. The molecule has 262 valence electrons. The van der Waals surface area contributed by atoms with Crippen molar-refractivity contribution in [3.8, 4) is 5.75 Å². The van der Waals surface area contributed by atoms with Crippen LogP contribution in [-0.2, 0) is 28.8 Å². The number of ether oxygens (including phenoxy) is 1. The van der Waals surface area contributed by atoms with Crippen LogP contribution in [0.4, 0.5) is 5.13 Å². The number of nitrogens with zero attached hydrogens (tertiary/aromatic N) is 3. The van der Waals surface area contributed by atoms with E-state index in [1.54, 1.807) is 0 Å². The number of nitrogens with two attached hydrogens (primary N) is 1. The molecule has 23 heteroatoms. The molecule has 0 radical (unpaired) electrons. The summed E-state index contributed by atoms with van der Waals surface area (Å²) in [5.74, 6) is -6.29. The van der Waals surface area contributed by atoms with Crippen LogP contribution >= 0.6 is 58.2 Å². The number of hydrogen-bond acceptors (Lipinski definition) is 17. The molecule has 1 unspecified atom stereocenters. The highest BCUT2D eigenvalue weighted by molar-refractivity contribution is 8.02. The number of aromatic nitrogens is 2. The van der Waals surface area contributed by atoms with Gasteiger partial charge in [-0.05, 0) is 29.8 Å². The molecule has 1 aromatic carbocycles. The Kier molecular flexibility index (Phi) is 11.2. The zero-order valence-electron chi connectivity index (χ0n) is 25.0. The average molecular weight is 783 g/mol. The molecule has 3 aromatic rings. The number of carboxylic acid groups (broad SMARTS) is 3. The van der Waals surface area contributed by atoms with Crippen molar-refractivity contribution in [3.05, 3.63) is 62.5 Å². The predicted octanol–water partition coefficient (Wildman–Crippen LogP) is 1.55. The topological polar surface area (TPSA) is 281 Å². The minimum Gasteiger partial charge on any atom is -0.478 e. The molecule has 4 heterocycles. The molecular formula is C27H22N6O12S5. The summed E-state index contributed by atoms with van der Waals surface area (Å²) in [5.41, 5.74) is 2.20. The number of aromatic amines is 1. The number of esters is 1. The van der Waals surface area contributed by atoms with E-state index in [-0.39, 0.29) is 38.0 Å². The normalized spacial score (nSPS) is 17.7. The number of thiazole rings is 1. The number of carboxylic acids is 3. The zero-order valence-corrected chi connectivity index (χ0v) is 29.1. The van der Waals surface area contributed by atoms with Crippen molar-refractivity contribution in [2.75, 3.05) is 17.2 Å². The largest absolute Gasteiger partial charge is 0.478 e. The molecule has 5 rings (SSSR count). The number of rotatable bonds is 14. The Bertz CT molecular complexity index is 2010. The van der Waals surface area contributed by atoms with Gasteiger partial charge in [0, 0.05) is 28.7 Å². The Morgan fingerprint density at radius 1 is 1.16 bits per heavy atom. The number of carbonyl (C=O) groups is 6. The lowest BCUT2D eigenvalue weighted by molar-refractivity contribution is -0.150. The summed E-state index contributed by atoms with van der Waals surface area (Å²) in [6, 6.07) is 4.64. The van der Waals surface area contributed by atoms with Gasteiger partial charge in [0.05, 0.1) is 4.21 Å². The van der Waals surface area contributed by atoms with Crippen molar-refractivity contribution in [2.45, 2.75) is 32.9 Å². The second kappa shape index (κ2) is 15.4. The molecule has 2 aliphatic heterocycles. The molecule has 0 saturated carbocycles. The Morgan fingerprint density at radius 3 is 2.48 bits per heavy atom. The first-order valence-corrected chi connectivity index (χ1v) is 18.3. The molecule has 7 N–H and O–H groups in total. The minimum absolute atomic E-state index is 0.0330. The first-order valence-electron chi connectivity index (χ1n) is 13.7. The quantitative estimate of drug-likeness (QED) is 0.0257. The standard InChI is InChI=1S/C27H22N6O12S5/c1-9(34)44-11-2-4-12(5-3-11)49-25(24(42)43)45-31-15(13-8-48-27(28)29-13)19(36)30-16-20(37)33-17(23(40)41)10(6-46-21(16)33)7-47-26-14(22(38)39)18(35)32-50-26/h2-5,8,16,21,25H,6-7H2,1H3,(H2,28,29)(H,30,36)(H,32,35)(H,38,39)(H,40,41)(H,42,43)/b31-15+/t16-,21-,25?/m1/s1. The van der Waals surface area contributed by atoms with Gasteiger partial charge in [0.1, 0.15) is 28.6 Å². The molecule has 0 bridgehead atoms. The van der Waals surface area contributed by atoms with Crippen LogP contribution in [0.25, 0.3) is 0 Å². The van der Waals surface area contributed by atoms with Gasteiger partial charge >= 0.3 is 23.9 Å². The van der Waals surface area contributed by atoms with E-state index in [4.69, 9.17) is 15.3 Å². The maximum absolute atomic E-state index is 13.5. The van der Waals surface area contributed by atoms with Gasteiger partial charge in [0.25, 0.3) is 22.8 Å². The molecule has 1 saturated heterocycles. The monoisotopic (exact) mass is 782 g/mol. The fourth-order valence-corrected chi connectivity index (χ4v) is 9.15. The zero-order chi connectivity index (χ0) is 36.3. The van der Waals surface area contributed by atoms with E-state index in [2.05, 4.69) is 19.8 Å². The lowest BCUT2D eigenvalue weighted by Crippen LogP contribution is -2.71. The van der Waals surface area contributed by atoms with Crippen LogP contribution in [0, 0.1) is 0 Å². The third-order valence-electron chi connectivity index (χ3n) is 6.54. The van der Waals surface area contributed by atoms with Crippen LogP contribution in [0.1, 0.15) is 23.0 Å². The number of hydrogen-bond donors (Lipinski definition) is 6. The van der Waals surface area contributed by atoms with Crippen LogP contribution in [0.5, 0.6) is 5.75 Å². The summed E-state index contributed by atoms with van der Waals surface area (Å²) < 4.78 is 7.43. The molecule has 0 aliphatic carbocycles. The molecule has 2 aliphatic rings. The summed E-state index contributed by atoms with van der Waals surface area (Å²) in [7, 11) is 0.